The predicted molar refractivity (Wildman–Crippen MR) is 70.9 cm³/mol. The molecule has 0 bridgehead atoms. The van der Waals surface area contributed by atoms with Crippen LogP contribution >= 0.6 is 0 Å². The molecule has 0 saturated carbocycles. The number of likely N-dealkylation sites (tertiary alicyclic amines) is 1. The van der Waals surface area contributed by atoms with Crippen molar-refractivity contribution < 1.29 is 14.3 Å². The minimum Gasteiger partial charge on any atom is -0.471 e. The standard InChI is InChI=1S/C11H22N2O.C2H4O2/c1-8-6-5-7-13(8)10(14)9(12)11(2,3)4;1-4-2-3/h8-9H,5-7,12H2,1-4H3;2H,1H3. The lowest BCUT2D eigenvalue weighted by atomic mass is 9.86. The first-order valence-corrected chi connectivity index (χ1v) is 6.28. The highest BCUT2D eigenvalue weighted by Gasteiger charge is 2.34. The summed E-state index contributed by atoms with van der Waals surface area (Å²) in [6, 6.07) is -0.000972. The average Bonchev–Trinajstić information content (AvgIpc) is 2.72. The van der Waals surface area contributed by atoms with E-state index in [1.807, 2.05) is 25.7 Å². The van der Waals surface area contributed by atoms with Crippen molar-refractivity contribution in [3.05, 3.63) is 0 Å². The maximum atomic E-state index is 12.0. The monoisotopic (exact) mass is 258 g/mol. The molecule has 1 aliphatic heterocycles. The van der Waals surface area contributed by atoms with Gasteiger partial charge in [0.05, 0.1) is 13.2 Å². The van der Waals surface area contributed by atoms with Crippen LogP contribution in [0.5, 0.6) is 0 Å². The first-order valence-electron chi connectivity index (χ1n) is 6.28. The van der Waals surface area contributed by atoms with E-state index in [1.54, 1.807) is 0 Å². The molecule has 18 heavy (non-hydrogen) atoms. The molecule has 1 fully saturated rings. The number of rotatable bonds is 2. The molecule has 5 heteroatoms. The Bertz CT molecular complexity index is 270. The predicted octanol–water partition coefficient (Wildman–Crippen LogP) is 1.16. The molecule has 2 atom stereocenters. The zero-order valence-corrected chi connectivity index (χ0v) is 12.1. The SMILES string of the molecule is CC1CCCN1C(=O)C(N)C(C)(C)C.COC=O. The largest absolute Gasteiger partial charge is 0.471 e. The topological polar surface area (TPSA) is 72.6 Å². The second-order valence-corrected chi connectivity index (χ2v) is 5.70. The van der Waals surface area contributed by atoms with Gasteiger partial charge in [0.25, 0.3) is 6.47 Å². The molecule has 1 amide bonds. The quantitative estimate of drug-likeness (QED) is 0.754. The van der Waals surface area contributed by atoms with Gasteiger partial charge in [-0.15, -0.1) is 0 Å². The van der Waals surface area contributed by atoms with E-state index in [-0.39, 0.29) is 17.4 Å². The molecular weight excluding hydrogens is 232 g/mol. The third-order valence-electron chi connectivity index (χ3n) is 3.13. The molecule has 1 saturated heterocycles. The van der Waals surface area contributed by atoms with E-state index in [2.05, 4.69) is 11.7 Å². The van der Waals surface area contributed by atoms with E-state index in [1.165, 1.54) is 7.11 Å². The van der Waals surface area contributed by atoms with Gasteiger partial charge in [-0.05, 0) is 25.2 Å². The van der Waals surface area contributed by atoms with E-state index >= 15 is 0 Å². The maximum Gasteiger partial charge on any atom is 0.292 e. The lowest BCUT2D eigenvalue weighted by Crippen LogP contribution is -2.51. The van der Waals surface area contributed by atoms with Crippen molar-refractivity contribution in [3.63, 3.8) is 0 Å². The Kier molecular flexibility index (Phi) is 6.91. The van der Waals surface area contributed by atoms with Gasteiger partial charge in [-0.1, -0.05) is 20.8 Å². The summed E-state index contributed by atoms with van der Waals surface area (Å²) in [5.41, 5.74) is 5.81. The van der Waals surface area contributed by atoms with Crippen LogP contribution in [0.3, 0.4) is 0 Å². The highest BCUT2D eigenvalue weighted by atomic mass is 16.5. The van der Waals surface area contributed by atoms with Crippen molar-refractivity contribution in [2.45, 2.75) is 52.6 Å². The first kappa shape index (κ1) is 16.9. The van der Waals surface area contributed by atoms with Crippen molar-refractivity contribution in [3.8, 4) is 0 Å². The molecule has 0 aromatic heterocycles. The van der Waals surface area contributed by atoms with E-state index in [4.69, 9.17) is 10.5 Å². The fraction of sp³-hybridized carbons (Fsp3) is 0.846. The normalized spacial score (nSPS) is 20.8. The number of carbonyl (C=O) groups is 2. The third-order valence-corrected chi connectivity index (χ3v) is 3.13. The zero-order chi connectivity index (χ0) is 14.3. The Morgan fingerprint density at radius 2 is 2.00 bits per heavy atom. The van der Waals surface area contributed by atoms with Crippen LogP contribution in [0.2, 0.25) is 0 Å². The van der Waals surface area contributed by atoms with Crippen molar-refractivity contribution in [2.75, 3.05) is 13.7 Å². The van der Waals surface area contributed by atoms with E-state index in [0.717, 1.165) is 19.4 Å². The summed E-state index contributed by atoms with van der Waals surface area (Å²) in [5, 5.41) is 0. The molecule has 0 radical (unpaired) electrons. The first-order chi connectivity index (χ1) is 8.25. The Morgan fingerprint density at radius 3 is 2.28 bits per heavy atom. The van der Waals surface area contributed by atoms with Crippen molar-refractivity contribution in [1.29, 1.82) is 0 Å². The minimum atomic E-state index is -0.372. The fourth-order valence-corrected chi connectivity index (χ4v) is 1.81. The van der Waals surface area contributed by atoms with Crippen LogP contribution in [0.4, 0.5) is 0 Å². The number of methoxy groups -OCH3 is 1. The smallest absolute Gasteiger partial charge is 0.292 e. The van der Waals surface area contributed by atoms with Crippen molar-refractivity contribution >= 4 is 12.4 Å². The second-order valence-electron chi connectivity index (χ2n) is 5.70. The van der Waals surface area contributed by atoms with Crippen LogP contribution in [0, 0.1) is 5.41 Å². The zero-order valence-electron chi connectivity index (χ0n) is 12.1. The van der Waals surface area contributed by atoms with Crippen molar-refractivity contribution in [1.82, 2.24) is 4.90 Å². The molecule has 0 aliphatic carbocycles. The number of hydrogen-bond donors (Lipinski definition) is 1. The number of amides is 1. The summed E-state index contributed by atoms with van der Waals surface area (Å²) in [6.45, 7) is 9.38. The molecule has 1 aliphatic rings. The van der Waals surface area contributed by atoms with Gasteiger partial charge in [0.15, 0.2) is 0 Å². The van der Waals surface area contributed by atoms with Gasteiger partial charge < -0.3 is 15.4 Å². The molecule has 1 rings (SSSR count). The molecule has 0 aromatic rings. The molecule has 5 nitrogen and oxygen atoms in total. The summed E-state index contributed by atoms with van der Waals surface area (Å²) in [7, 11) is 1.31. The highest BCUT2D eigenvalue weighted by Crippen LogP contribution is 2.23. The Morgan fingerprint density at radius 1 is 1.50 bits per heavy atom. The van der Waals surface area contributed by atoms with Gasteiger partial charge in [-0.3, -0.25) is 9.59 Å². The summed E-state index contributed by atoms with van der Waals surface area (Å²) in [4.78, 5) is 22.9. The lowest BCUT2D eigenvalue weighted by Gasteiger charge is -2.31. The fourth-order valence-electron chi connectivity index (χ4n) is 1.81. The molecule has 2 N–H and O–H groups in total. The minimum absolute atomic E-state index is 0.113. The van der Waals surface area contributed by atoms with Crippen LogP contribution in [0.25, 0.3) is 0 Å². The average molecular weight is 258 g/mol. The van der Waals surface area contributed by atoms with Gasteiger partial charge in [-0.2, -0.15) is 0 Å². The summed E-state index contributed by atoms with van der Waals surface area (Å²) in [5.74, 6) is 0.113. The molecule has 0 spiro atoms. The molecule has 106 valence electrons. The summed E-state index contributed by atoms with van der Waals surface area (Å²) < 4.78 is 3.86. The molecule has 2 unspecified atom stereocenters. The van der Waals surface area contributed by atoms with E-state index in [0.29, 0.717) is 12.5 Å². The van der Waals surface area contributed by atoms with Gasteiger partial charge in [0, 0.05) is 12.6 Å². The second kappa shape index (κ2) is 7.36. The van der Waals surface area contributed by atoms with Crippen LogP contribution in [-0.2, 0) is 14.3 Å². The molecule has 1 heterocycles. The van der Waals surface area contributed by atoms with Gasteiger partial charge >= 0.3 is 0 Å². The van der Waals surface area contributed by atoms with Gasteiger partial charge in [-0.25, -0.2) is 0 Å². The number of ether oxygens (including phenoxy) is 1. The molecule has 0 aromatic carbocycles. The van der Waals surface area contributed by atoms with Gasteiger partial charge in [0.1, 0.15) is 0 Å². The lowest BCUT2D eigenvalue weighted by molar-refractivity contribution is -0.135. The third kappa shape index (κ3) is 5.04. The van der Waals surface area contributed by atoms with Crippen LogP contribution < -0.4 is 5.73 Å². The number of nitrogens with zero attached hydrogens (tertiary/aromatic N) is 1. The van der Waals surface area contributed by atoms with Crippen molar-refractivity contribution in [2.24, 2.45) is 11.1 Å². The van der Waals surface area contributed by atoms with Crippen LogP contribution in [0.1, 0.15) is 40.5 Å². The van der Waals surface area contributed by atoms with Crippen LogP contribution in [-0.4, -0.2) is 43.0 Å². The Hall–Kier alpha value is -1.10. The van der Waals surface area contributed by atoms with Gasteiger partial charge in [0.2, 0.25) is 5.91 Å². The maximum absolute atomic E-state index is 12.0. The number of carbonyl (C=O) groups excluding carboxylic acids is 2. The van der Waals surface area contributed by atoms with E-state index in [9.17, 15) is 4.79 Å². The molecular formula is C13H26N2O3. The van der Waals surface area contributed by atoms with E-state index < -0.39 is 0 Å². The summed E-state index contributed by atoms with van der Waals surface area (Å²) >= 11 is 0. The highest BCUT2D eigenvalue weighted by molar-refractivity contribution is 5.83. The number of nitrogens with two attached hydrogens (primary N) is 1. The Balaban J connectivity index is 0.000000631. The summed E-state index contributed by atoms with van der Waals surface area (Å²) in [6.07, 6.45) is 2.23. The van der Waals surface area contributed by atoms with Crippen LogP contribution in [0.15, 0.2) is 0 Å². The number of hydrogen-bond acceptors (Lipinski definition) is 4. The Labute approximate surface area is 110 Å².